The van der Waals surface area contributed by atoms with Crippen LogP contribution in [0, 0.1) is 0 Å². The summed E-state index contributed by atoms with van der Waals surface area (Å²) in [5.41, 5.74) is 2.23. The highest BCUT2D eigenvalue weighted by Crippen LogP contribution is 2.33. The Kier molecular flexibility index (Phi) is 8.30. The van der Waals surface area contributed by atoms with Gasteiger partial charge in [-0.3, -0.25) is 9.88 Å². The summed E-state index contributed by atoms with van der Waals surface area (Å²) in [4.78, 5) is 6.80. The normalized spacial score (nSPS) is 18.8. The van der Waals surface area contributed by atoms with Gasteiger partial charge in [0, 0.05) is 38.6 Å². The molecular formula is C25H35N3O3S. The fourth-order valence-electron chi connectivity index (χ4n) is 4.77. The number of morpholine rings is 1. The van der Waals surface area contributed by atoms with Gasteiger partial charge in [-0.15, -0.1) is 0 Å². The third-order valence-electron chi connectivity index (χ3n) is 6.69. The fourth-order valence-corrected chi connectivity index (χ4v) is 6.24. The number of benzene rings is 1. The van der Waals surface area contributed by atoms with E-state index >= 15 is 0 Å². The first-order valence-corrected chi connectivity index (χ1v) is 13.4. The first-order chi connectivity index (χ1) is 15.6. The fraction of sp³-hybridized carbons (Fsp3) is 0.560. The van der Waals surface area contributed by atoms with Crippen molar-refractivity contribution in [2.75, 3.05) is 39.4 Å². The molecule has 1 saturated heterocycles. The molecule has 174 valence electrons. The van der Waals surface area contributed by atoms with Gasteiger partial charge >= 0.3 is 0 Å². The van der Waals surface area contributed by atoms with Gasteiger partial charge in [-0.25, -0.2) is 8.42 Å². The molecule has 7 heteroatoms. The minimum absolute atomic E-state index is 0.359. The Morgan fingerprint density at radius 3 is 2.34 bits per heavy atom. The Morgan fingerprint density at radius 1 is 0.969 bits per heavy atom. The van der Waals surface area contributed by atoms with Crippen molar-refractivity contribution < 1.29 is 13.2 Å². The van der Waals surface area contributed by atoms with Crippen LogP contribution in [0.1, 0.15) is 55.6 Å². The molecule has 32 heavy (non-hydrogen) atoms. The zero-order chi connectivity index (χ0) is 22.2. The van der Waals surface area contributed by atoms with Gasteiger partial charge in [-0.1, -0.05) is 31.4 Å². The topological polar surface area (TPSA) is 62.7 Å². The van der Waals surface area contributed by atoms with E-state index in [9.17, 15) is 8.42 Å². The van der Waals surface area contributed by atoms with Crippen LogP contribution >= 0.6 is 0 Å². The van der Waals surface area contributed by atoms with Gasteiger partial charge < -0.3 is 4.74 Å². The van der Waals surface area contributed by atoms with Crippen molar-refractivity contribution >= 4 is 10.0 Å². The summed E-state index contributed by atoms with van der Waals surface area (Å²) in [6.07, 6.45) is 10.5. The molecule has 1 aliphatic heterocycles. The second kappa shape index (κ2) is 11.4. The Morgan fingerprint density at radius 2 is 1.66 bits per heavy atom. The first-order valence-electron chi connectivity index (χ1n) is 11.9. The van der Waals surface area contributed by atoms with Crippen LogP contribution in [0.3, 0.4) is 0 Å². The third-order valence-corrected chi connectivity index (χ3v) is 8.55. The molecule has 1 aromatic carbocycles. The van der Waals surface area contributed by atoms with Crippen LogP contribution in [0.25, 0.3) is 0 Å². The Bertz CT molecular complexity index is 923. The van der Waals surface area contributed by atoms with Crippen molar-refractivity contribution in [2.24, 2.45) is 0 Å². The lowest BCUT2D eigenvalue weighted by atomic mass is 9.84. The largest absolute Gasteiger partial charge is 0.379 e. The predicted octanol–water partition coefficient (Wildman–Crippen LogP) is 4.04. The second-order valence-electron chi connectivity index (χ2n) is 8.91. The number of ether oxygens (including phenoxy) is 1. The average molecular weight is 458 g/mol. The van der Waals surface area contributed by atoms with Gasteiger partial charge in [0.15, 0.2) is 0 Å². The molecule has 1 aromatic heterocycles. The summed E-state index contributed by atoms with van der Waals surface area (Å²) in [5, 5.41) is 0. The van der Waals surface area contributed by atoms with Crippen LogP contribution < -0.4 is 0 Å². The molecule has 2 fully saturated rings. The molecule has 1 aliphatic carbocycles. The van der Waals surface area contributed by atoms with Gasteiger partial charge in [0.05, 0.1) is 18.1 Å². The average Bonchev–Trinajstić information content (AvgIpc) is 2.85. The molecule has 0 spiro atoms. The van der Waals surface area contributed by atoms with Crippen LogP contribution in [0.5, 0.6) is 0 Å². The molecule has 2 aliphatic rings. The van der Waals surface area contributed by atoms with E-state index in [1.54, 1.807) is 28.8 Å². The third kappa shape index (κ3) is 6.16. The van der Waals surface area contributed by atoms with E-state index in [0.717, 1.165) is 44.8 Å². The summed E-state index contributed by atoms with van der Waals surface area (Å²) >= 11 is 0. The summed E-state index contributed by atoms with van der Waals surface area (Å²) in [6.45, 7) is 5.08. The van der Waals surface area contributed by atoms with Crippen LogP contribution in [-0.2, 0) is 21.3 Å². The quantitative estimate of drug-likeness (QED) is 0.569. The zero-order valence-corrected chi connectivity index (χ0v) is 19.7. The van der Waals surface area contributed by atoms with Gasteiger partial charge in [-0.05, 0) is 67.1 Å². The smallest absolute Gasteiger partial charge is 0.243 e. The SMILES string of the molecule is O=S(=O)(c1ccc(C2CCCCC2)cc1)N(CCCN1CCOCC1)Cc1ccncc1. The van der Waals surface area contributed by atoms with E-state index in [0.29, 0.717) is 23.9 Å². The minimum atomic E-state index is -3.58. The summed E-state index contributed by atoms with van der Waals surface area (Å²) in [6, 6.07) is 11.4. The highest BCUT2D eigenvalue weighted by molar-refractivity contribution is 7.89. The second-order valence-corrected chi connectivity index (χ2v) is 10.8. The van der Waals surface area contributed by atoms with E-state index < -0.39 is 10.0 Å². The molecule has 0 radical (unpaired) electrons. The molecule has 2 heterocycles. The number of hydrogen-bond donors (Lipinski definition) is 0. The molecule has 4 rings (SSSR count). The molecule has 0 N–H and O–H groups in total. The van der Waals surface area contributed by atoms with Crippen LogP contribution in [0.15, 0.2) is 53.7 Å². The number of pyridine rings is 1. The van der Waals surface area contributed by atoms with E-state index in [2.05, 4.69) is 9.88 Å². The molecule has 0 bridgehead atoms. The highest BCUT2D eigenvalue weighted by Gasteiger charge is 2.25. The maximum atomic E-state index is 13.6. The summed E-state index contributed by atoms with van der Waals surface area (Å²) < 4.78 is 34.2. The van der Waals surface area contributed by atoms with Crippen molar-refractivity contribution in [3.05, 3.63) is 59.9 Å². The Labute approximate surface area is 192 Å². The van der Waals surface area contributed by atoms with Gasteiger partial charge in [-0.2, -0.15) is 4.31 Å². The molecule has 0 atom stereocenters. The molecule has 6 nitrogen and oxygen atoms in total. The summed E-state index contributed by atoms with van der Waals surface area (Å²) in [7, 11) is -3.58. The van der Waals surface area contributed by atoms with Crippen molar-refractivity contribution in [1.82, 2.24) is 14.2 Å². The lowest BCUT2D eigenvalue weighted by Crippen LogP contribution is -2.39. The number of nitrogens with zero attached hydrogens (tertiary/aromatic N) is 3. The van der Waals surface area contributed by atoms with Crippen molar-refractivity contribution in [2.45, 2.75) is 55.9 Å². The number of sulfonamides is 1. The number of hydrogen-bond acceptors (Lipinski definition) is 5. The molecule has 1 saturated carbocycles. The van der Waals surface area contributed by atoms with E-state index in [1.807, 2.05) is 24.3 Å². The summed E-state index contributed by atoms with van der Waals surface area (Å²) in [5.74, 6) is 0.571. The van der Waals surface area contributed by atoms with Crippen LogP contribution in [-0.4, -0.2) is 62.0 Å². The molecular weight excluding hydrogens is 422 g/mol. The number of aromatic nitrogens is 1. The monoisotopic (exact) mass is 457 g/mol. The molecule has 0 unspecified atom stereocenters. The van der Waals surface area contributed by atoms with Gasteiger partial charge in [0.2, 0.25) is 10.0 Å². The van der Waals surface area contributed by atoms with Gasteiger partial charge in [0.1, 0.15) is 0 Å². The first kappa shape index (κ1) is 23.4. The molecule has 2 aromatic rings. The minimum Gasteiger partial charge on any atom is -0.379 e. The van der Waals surface area contributed by atoms with Crippen molar-refractivity contribution in [3.63, 3.8) is 0 Å². The van der Waals surface area contributed by atoms with E-state index in [-0.39, 0.29) is 0 Å². The lowest BCUT2D eigenvalue weighted by Gasteiger charge is -2.28. The van der Waals surface area contributed by atoms with E-state index in [4.69, 9.17) is 4.74 Å². The standard InChI is InChI=1S/C25H35N3O3S/c29-32(30,25-9-7-24(8-10-25)23-5-2-1-3-6-23)28(21-22-11-13-26-14-12-22)16-4-15-27-17-19-31-20-18-27/h7-14,23H,1-6,15-21H2. The zero-order valence-electron chi connectivity index (χ0n) is 18.9. The van der Waals surface area contributed by atoms with Crippen molar-refractivity contribution in [1.29, 1.82) is 0 Å². The Hall–Kier alpha value is -1.80. The van der Waals surface area contributed by atoms with Crippen LogP contribution in [0.4, 0.5) is 0 Å². The van der Waals surface area contributed by atoms with Gasteiger partial charge in [0.25, 0.3) is 0 Å². The van der Waals surface area contributed by atoms with E-state index in [1.165, 1.54) is 37.7 Å². The predicted molar refractivity (Wildman–Crippen MR) is 126 cm³/mol. The number of rotatable bonds is 9. The highest BCUT2D eigenvalue weighted by atomic mass is 32.2. The van der Waals surface area contributed by atoms with Crippen molar-refractivity contribution in [3.8, 4) is 0 Å². The maximum Gasteiger partial charge on any atom is 0.243 e. The lowest BCUT2D eigenvalue weighted by molar-refractivity contribution is 0.0368. The van der Waals surface area contributed by atoms with Crippen LogP contribution in [0.2, 0.25) is 0 Å². The molecule has 0 amide bonds. The Balaban J connectivity index is 1.47. The maximum absolute atomic E-state index is 13.6.